The Labute approximate surface area is 173 Å². The molecule has 7 nitrogen and oxygen atoms in total. The van der Waals surface area contributed by atoms with Gasteiger partial charge in [0.15, 0.2) is 11.5 Å². The summed E-state index contributed by atoms with van der Waals surface area (Å²) < 4.78 is 36.2. The Morgan fingerprint density at radius 1 is 1.14 bits per heavy atom. The number of ether oxygens (including phenoxy) is 2. The van der Waals surface area contributed by atoms with Gasteiger partial charge in [-0.3, -0.25) is 9.10 Å². The summed E-state index contributed by atoms with van der Waals surface area (Å²) in [5, 5.41) is 3.27. The summed E-state index contributed by atoms with van der Waals surface area (Å²) >= 11 is 12.0. The van der Waals surface area contributed by atoms with Gasteiger partial charge in [0, 0.05) is 16.6 Å². The molecule has 1 aliphatic rings. The van der Waals surface area contributed by atoms with Crippen LogP contribution in [0.4, 0.5) is 5.69 Å². The van der Waals surface area contributed by atoms with Crippen LogP contribution in [0.25, 0.3) is 0 Å². The van der Waals surface area contributed by atoms with Gasteiger partial charge in [0.05, 0.1) is 11.9 Å². The molecule has 28 heavy (non-hydrogen) atoms. The molecule has 1 aliphatic heterocycles. The van der Waals surface area contributed by atoms with Crippen molar-refractivity contribution in [1.82, 2.24) is 5.32 Å². The normalized spacial score (nSPS) is 13.9. The van der Waals surface area contributed by atoms with E-state index in [2.05, 4.69) is 5.32 Å². The molecule has 1 atom stereocenters. The first-order valence-corrected chi connectivity index (χ1v) is 10.9. The number of hydrogen-bond donors (Lipinski definition) is 1. The van der Waals surface area contributed by atoms with Gasteiger partial charge in [-0.05, 0) is 42.8 Å². The molecule has 2 aromatic carbocycles. The zero-order chi connectivity index (χ0) is 20.5. The second-order valence-corrected chi connectivity index (χ2v) is 9.00. The third kappa shape index (κ3) is 4.63. The molecule has 0 aliphatic carbocycles. The van der Waals surface area contributed by atoms with Crippen molar-refractivity contribution >= 4 is 44.8 Å². The van der Waals surface area contributed by atoms with Crippen molar-refractivity contribution in [3.8, 4) is 11.5 Å². The van der Waals surface area contributed by atoms with E-state index in [1.165, 1.54) is 25.1 Å². The van der Waals surface area contributed by atoms with Crippen LogP contribution < -0.4 is 19.1 Å². The third-order valence-corrected chi connectivity index (χ3v) is 5.77. The van der Waals surface area contributed by atoms with Crippen LogP contribution in [0.3, 0.4) is 0 Å². The van der Waals surface area contributed by atoms with E-state index in [-0.39, 0.29) is 29.1 Å². The summed E-state index contributed by atoms with van der Waals surface area (Å²) in [5.41, 5.74) is 1.01. The van der Waals surface area contributed by atoms with Crippen molar-refractivity contribution < 1.29 is 22.7 Å². The summed E-state index contributed by atoms with van der Waals surface area (Å²) in [6.07, 6.45) is 1.02. The van der Waals surface area contributed by atoms with Crippen molar-refractivity contribution in [2.75, 3.05) is 17.4 Å². The lowest BCUT2D eigenvalue weighted by atomic mass is 10.2. The number of nitrogens with zero attached hydrogens (tertiary/aromatic N) is 1. The van der Waals surface area contributed by atoms with Crippen LogP contribution in [-0.4, -0.2) is 33.4 Å². The Balaban J connectivity index is 1.77. The van der Waals surface area contributed by atoms with Gasteiger partial charge in [-0.1, -0.05) is 29.3 Å². The van der Waals surface area contributed by atoms with E-state index < -0.39 is 22.0 Å². The summed E-state index contributed by atoms with van der Waals surface area (Å²) in [4.78, 5) is 12.6. The van der Waals surface area contributed by atoms with E-state index >= 15 is 0 Å². The minimum atomic E-state index is -3.77. The number of amides is 1. The van der Waals surface area contributed by atoms with E-state index in [9.17, 15) is 13.2 Å². The average molecular weight is 445 g/mol. The fourth-order valence-corrected chi connectivity index (χ4v) is 4.54. The highest BCUT2D eigenvalue weighted by molar-refractivity contribution is 7.92. The molecule has 0 spiro atoms. The highest BCUT2D eigenvalue weighted by atomic mass is 35.5. The summed E-state index contributed by atoms with van der Waals surface area (Å²) in [6, 6.07) is 8.66. The number of rotatable bonds is 6. The molecule has 1 amide bonds. The molecule has 0 radical (unpaired) electrons. The van der Waals surface area contributed by atoms with Crippen LogP contribution in [0.2, 0.25) is 10.0 Å². The molecule has 0 saturated carbocycles. The van der Waals surface area contributed by atoms with Crippen LogP contribution in [0, 0.1) is 0 Å². The molecule has 1 N–H and O–H groups in total. The predicted molar refractivity (Wildman–Crippen MR) is 108 cm³/mol. The fourth-order valence-electron chi connectivity index (χ4n) is 2.86. The van der Waals surface area contributed by atoms with Gasteiger partial charge in [0.25, 0.3) is 0 Å². The van der Waals surface area contributed by atoms with Gasteiger partial charge in [0.2, 0.25) is 22.7 Å². The lowest BCUT2D eigenvalue weighted by Crippen LogP contribution is -2.47. The second-order valence-electron chi connectivity index (χ2n) is 6.27. The number of carbonyl (C=O) groups is 1. The Morgan fingerprint density at radius 3 is 2.43 bits per heavy atom. The van der Waals surface area contributed by atoms with Crippen molar-refractivity contribution in [2.24, 2.45) is 0 Å². The molecule has 10 heteroatoms. The summed E-state index contributed by atoms with van der Waals surface area (Å²) in [5.74, 6) is 0.773. The van der Waals surface area contributed by atoms with Crippen molar-refractivity contribution in [1.29, 1.82) is 0 Å². The number of benzene rings is 2. The van der Waals surface area contributed by atoms with Crippen LogP contribution in [-0.2, 0) is 21.4 Å². The predicted octanol–water partition coefficient (Wildman–Crippen LogP) is 3.19. The first kappa shape index (κ1) is 20.6. The largest absolute Gasteiger partial charge is 0.454 e. The molecule has 2 aromatic rings. The van der Waals surface area contributed by atoms with Crippen LogP contribution in [0.1, 0.15) is 12.5 Å². The van der Waals surface area contributed by atoms with E-state index in [0.717, 1.165) is 16.1 Å². The first-order chi connectivity index (χ1) is 13.1. The number of sulfonamides is 1. The van der Waals surface area contributed by atoms with E-state index in [1.54, 1.807) is 18.2 Å². The zero-order valence-electron chi connectivity index (χ0n) is 15.1. The SMILES string of the molecule is C[C@H](C(=O)NCc1ccc2c(c1)OCO2)N(c1cc(Cl)cc(Cl)c1)S(C)(=O)=O. The zero-order valence-corrected chi connectivity index (χ0v) is 17.4. The molecule has 0 bridgehead atoms. The minimum absolute atomic E-state index is 0.160. The van der Waals surface area contributed by atoms with Crippen molar-refractivity contribution in [2.45, 2.75) is 19.5 Å². The van der Waals surface area contributed by atoms with Gasteiger partial charge in [-0.2, -0.15) is 0 Å². The first-order valence-electron chi connectivity index (χ1n) is 8.27. The summed E-state index contributed by atoms with van der Waals surface area (Å²) in [7, 11) is -3.77. The standard InChI is InChI=1S/C18H18Cl2N2O5S/c1-11(22(28(2,24)25)15-7-13(19)6-14(20)8-15)18(23)21-9-12-3-4-16-17(5-12)27-10-26-16/h3-8,11H,9-10H2,1-2H3,(H,21,23)/t11-/m1/s1. The Morgan fingerprint density at radius 2 is 1.79 bits per heavy atom. The molecular weight excluding hydrogens is 427 g/mol. The lowest BCUT2D eigenvalue weighted by Gasteiger charge is -2.28. The Bertz CT molecular complexity index is 993. The molecule has 0 unspecified atom stereocenters. The maximum Gasteiger partial charge on any atom is 0.243 e. The molecule has 3 rings (SSSR count). The van der Waals surface area contributed by atoms with Crippen molar-refractivity contribution in [3.63, 3.8) is 0 Å². The maximum absolute atomic E-state index is 12.6. The van der Waals surface area contributed by atoms with E-state index in [4.69, 9.17) is 32.7 Å². The lowest BCUT2D eigenvalue weighted by molar-refractivity contribution is -0.122. The van der Waals surface area contributed by atoms with Gasteiger partial charge in [0.1, 0.15) is 6.04 Å². The fraction of sp³-hybridized carbons (Fsp3) is 0.278. The molecule has 0 saturated heterocycles. The summed E-state index contributed by atoms with van der Waals surface area (Å²) in [6.45, 7) is 1.85. The van der Waals surface area contributed by atoms with Gasteiger partial charge >= 0.3 is 0 Å². The highest BCUT2D eigenvalue weighted by Crippen LogP contribution is 2.32. The number of hydrogen-bond acceptors (Lipinski definition) is 5. The maximum atomic E-state index is 12.6. The van der Waals surface area contributed by atoms with E-state index in [0.29, 0.717) is 11.5 Å². The molecule has 1 heterocycles. The number of fused-ring (bicyclic) bond motifs is 1. The Hall–Kier alpha value is -2.16. The van der Waals surface area contributed by atoms with Crippen LogP contribution >= 0.6 is 23.2 Å². The van der Waals surface area contributed by atoms with Gasteiger partial charge < -0.3 is 14.8 Å². The van der Waals surface area contributed by atoms with Crippen molar-refractivity contribution in [3.05, 3.63) is 52.0 Å². The smallest absolute Gasteiger partial charge is 0.243 e. The van der Waals surface area contributed by atoms with Gasteiger partial charge in [-0.25, -0.2) is 8.42 Å². The molecule has 0 fully saturated rings. The number of nitrogens with one attached hydrogen (secondary N) is 1. The molecular formula is C18H18Cl2N2O5S. The third-order valence-electron chi connectivity index (χ3n) is 4.09. The van der Waals surface area contributed by atoms with Crippen LogP contribution in [0.15, 0.2) is 36.4 Å². The quantitative estimate of drug-likeness (QED) is 0.739. The number of anilines is 1. The molecule has 150 valence electrons. The van der Waals surface area contributed by atoms with E-state index in [1.807, 2.05) is 0 Å². The average Bonchev–Trinajstić information content (AvgIpc) is 3.05. The second kappa shape index (κ2) is 8.06. The number of carbonyl (C=O) groups excluding carboxylic acids is 1. The topological polar surface area (TPSA) is 84.9 Å². The Kier molecular flexibility index (Phi) is 5.92. The van der Waals surface area contributed by atoms with Gasteiger partial charge in [-0.15, -0.1) is 0 Å². The molecule has 0 aromatic heterocycles. The number of halogens is 2. The monoisotopic (exact) mass is 444 g/mol. The minimum Gasteiger partial charge on any atom is -0.454 e. The van der Waals surface area contributed by atoms with Crippen LogP contribution in [0.5, 0.6) is 11.5 Å². The highest BCUT2D eigenvalue weighted by Gasteiger charge is 2.29.